The van der Waals surface area contributed by atoms with Crippen LogP contribution < -0.4 is 5.32 Å². The van der Waals surface area contributed by atoms with Crippen molar-refractivity contribution in [2.24, 2.45) is 0 Å². The lowest BCUT2D eigenvalue weighted by Crippen LogP contribution is -2.24. The molecule has 1 saturated heterocycles. The lowest BCUT2D eigenvalue weighted by atomic mass is 10.1. The number of aromatic nitrogens is 5. The van der Waals surface area contributed by atoms with Gasteiger partial charge in [-0.25, -0.2) is 28.7 Å². The molecule has 4 aromatic rings. The molecule has 198 valence electrons. The number of halogens is 2. The quantitative estimate of drug-likeness (QED) is 0.307. The molecule has 1 aliphatic rings. The predicted molar refractivity (Wildman–Crippen MR) is 147 cm³/mol. The first-order valence-electron chi connectivity index (χ1n) is 13.2. The van der Waals surface area contributed by atoms with Crippen molar-refractivity contribution in [2.75, 3.05) is 25.0 Å². The van der Waals surface area contributed by atoms with E-state index in [2.05, 4.69) is 43.2 Å². The molecular weight excluding hydrogens is 484 g/mol. The van der Waals surface area contributed by atoms with Crippen LogP contribution in [-0.4, -0.2) is 49.0 Å². The first kappa shape index (κ1) is 25.9. The first-order valence-corrected chi connectivity index (χ1v) is 13.2. The van der Waals surface area contributed by atoms with Crippen LogP contribution in [0, 0.1) is 18.6 Å². The summed E-state index contributed by atoms with van der Waals surface area (Å²) in [5.74, 6) is 0.256. The molecule has 0 saturated carbocycles. The Morgan fingerprint density at radius 1 is 1.05 bits per heavy atom. The molecule has 7 nitrogen and oxygen atoms in total. The van der Waals surface area contributed by atoms with Gasteiger partial charge in [0.15, 0.2) is 11.6 Å². The maximum atomic E-state index is 15.0. The molecule has 0 aliphatic carbocycles. The molecule has 3 aromatic heterocycles. The van der Waals surface area contributed by atoms with Gasteiger partial charge in [-0.1, -0.05) is 18.6 Å². The van der Waals surface area contributed by atoms with Gasteiger partial charge in [-0.2, -0.15) is 0 Å². The highest BCUT2D eigenvalue weighted by Crippen LogP contribution is 2.30. The molecule has 38 heavy (non-hydrogen) atoms. The Labute approximate surface area is 221 Å². The van der Waals surface area contributed by atoms with Crippen LogP contribution in [-0.2, 0) is 0 Å². The fraction of sp³-hybridized carbons (Fsp3) is 0.379. The van der Waals surface area contributed by atoms with Crippen LogP contribution in [0.3, 0.4) is 0 Å². The Bertz CT molecular complexity index is 1470. The summed E-state index contributed by atoms with van der Waals surface area (Å²) in [6.45, 7) is 11.2. The highest BCUT2D eigenvalue weighted by atomic mass is 19.1. The standard InChI is InChI=1S/C29H33F2N7/c1-5-37-11-7-6-8-21(17-37)12-20-9-10-26(32-15-20)35-29-33-16-24(31)27(36-29)22-13-23(30)28-25(14-22)38(18(2)3)19(4)34-28/h9-10,12-16,18H,5-8,11,17H2,1-4H3,(H,32,33,35,36)/b21-12-. The fourth-order valence-corrected chi connectivity index (χ4v) is 5.12. The maximum Gasteiger partial charge on any atom is 0.229 e. The van der Waals surface area contributed by atoms with Gasteiger partial charge in [0.1, 0.15) is 22.9 Å². The smallest absolute Gasteiger partial charge is 0.229 e. The van der Waals surface area contributed by atoms with Crippen molar-refractivity contribution in [3.63, 3.8) is 0 Å². The van der Waals surface area contributed by atoms with Gasteiger partial charge >= 0.3 is 0 Å². The molecule has 0 amide bonds. The lowest BCUT2D eigenvalue weighted by molar-refractivity contribution is 0.320. The number of likely N-dealkylation sites (N-methyl/N-ethyl adjacent to an activating group) is 1. The van der Waals surface area contributed by atoms with E-state index in [1.54, 1.807) is 12.3 Å². The van der Waals surface area contributed by atoms with E-state index in [9.17, 15) is 8.78 Å². The van der Waals surface area contributed by atoms with Crippen molar-refractivity contribution in [1.82, 2.24) is 29.4 Å². The number of benzene rings is 1. The van der Waals surface area contributed by atoms with Crippen LogP contribution in [0.5, 0.6) is 0 Å². The topological polar surface area (TPSA) is 71.8 Å². The number of imidazole rings is 1. The summed E-state index contributed by atoms with van der Waals surface area (Å²) in [4.78, 5) is 19.8. The summed E-state index contributed by atoms with van der Waals surface area (Å²) in [6.07, 6.45) is 8.64. The van der Waals surface area contributed by atoms with Crippen molar-refractivity contribution in [2.45, 2.75) is 53.0 Å². The largest absolute Gasteiger partial charge is 0.326 e. The Hall–Kier alpha value is -3.72. The summed E-state index contributed by atoms with van der Waals surface area (Å²) in [6, 6.07) is 6.90. The maximum absolute atomic E-state index is 15.0. The van der Waals surface area contributed by atoms with Gasteiger partial charge < -0.3 is 9.88 Å². The van der Waals surface area contributed by atoms with E-state index in [0.29, 0.717) is 22.7 Å². The van der Waals surface area contributed by atoms with Crippen LogP contribution >= 0.6 is 0 Å². The third-order valence-electron chi connectivity index (χ3n) is 6.95. The predicted octanol–water partition coefficient (Wildman–Crippen LogP) is 6.69. The highest BCUT2D eigenvalue weighted by molar-refractivity contribution is 5.83. The van der Waals surface area contributed by atoms with Crippen molar-refractivity contribution < 1.29 is 8.78 Å². The third-order valence-corrected chi connectivity index (χ3v) is 6.95. The van der Waals surface area contributed by atoms with E-state index < -0.39 is 11.6 Å². The molecule has 0 bridgehead atoms. The molecule has 0 spiro atoms. The zero-order valence-corrected chi connectivity index (χ0v) is 22.3. The number of likely N-dealkylation sites (tertiary alicyclic amines) is 1. The van der Waals surface area contributed by atoms with E-state index in [4.69, 9.17) is 0 Å². The van der Waals surface area contributed by atoms with E-state index in [0.717, 1.165) is 37.8 Å². The number of rotatable bonds is 6. The van der Waals surface area contributed by atoms with Gasteiger partial charge in [0.2, 0.25) is 5.95 Å². The summed E-state index contributed by atoms with van der Waals surface area (Å²) in [5.41, 5.74) is 3.63. The number of fused-ring (bicyclic) bond motifs is 1. The van der Waals surface area contributed by atoms with Crippen molar-refractivity contribution in [3.05, 3.63) is 65.3 Å². The second-order valence-corrected chi connectivity index (χ2v) is 10.1. The van der Waals surface area contributed by atoms with Crippen LogP contribution in [0.4, 0.5) is 20.5 Å². The molecule has 1 aliphatic heterocycles. The highest BCUT2D eigenvalue weighted by Gasteiger charge is 2.18. The molecule has 9 heteroatoms. The average Bonchev–Trinajstić information content (AvgIpc) is 3.07. The Kier molecular flexibility index (Phi) is 7.46. The number of hydrogen-bond donors (Lipinski definition) is 1. The van der Waals surface area contributed by atoms with Gasteiger partial charge in [0.05, 0.1) is 11.7 Å². The van der Waals surface area contributed by atoms with Crippen molar-refractivity contribution in [1.29, 1.82) is 0 Å². The first-order chi connectivity index (χ1) is 18.3. The van der Waals surface area contributed by atoms with Crippen LogP contribution in [0.25, 0.3) is 28.4 Å². The summed E-state index contributed by atoms with van der Waals surface area (Å²) >= 11 is 0. The Morgan fingerprint density at radius 2 is 1.89 bits per heavy atom. The van der Waals surface area contributed by atoms with E-state index >= 15 is 0 Å². The average molecular weight is 518 g/mol. The molecule has 1 N–H and O–H groups in total. The SMILES string of the molecule is CCN1CCCC/C(=C/c2ccc(Nc3ncc(F)c(-c4cc(F)c5nc(C)n(C(C)C)c5c4)n3)nc2)C1. The fourth-order valence-electron chi connectivity index (χ4n) is 5.12. The zero-order valence-electron chi connectivity index (χ0n) is 22.3. The number of anilines is 2. The minimum Gasteiger partial charge on any atom is -0.326 e. The van der Waals surface area contributed by atoms with Crippen molar-refractivity contribution in [3.8, 4) is 11.3 Å². The molecule has 0 atom stereocenters. The molecule has 0 unspecified atom stereocenters. The molecule has 4 heterocycles. The molecular formula is C29H33F2N7. The van der Waals surface area contributed by atoms with Gasteiger partial charge in [-0.15, -0.1) is 0 Å². The Morgan fingerprint density at radius 3 is 2.63 bits per heavy atom. The van der Waals surface area contributed by atoms with E-state index in [1.807, 2.05) is 37.5 Å². The second-order valence-electron chi connectivity index (χ2n) is 10.1. The number of pyridine rings is 1. The summed E-state index contributed by atoms with van der Waals surface area (Å²) in [5, 5.41) is 3.04. The zero-order chi connectivity index (χ0) is 26.8. The lowest BCUT2D eigenvalue weighted by Gasteiger charge is -2.18. The Balaban J connectivity index is 1.39. The van der Waals surface area contributed by atoms with Gasteiger partial charge in [0.25, 0.3) is 0 Å². The minimum atomic E-state index is -0.638. The second kappa shape index (κ2) is 10.9. The normalized spacial score (nSPS) is 15.9. The molecule has 0 radical (unpaired) electrons. The van der Waals surface area contributed by atoms with Crippen LogP contribution in [0.15, 0.2) is 42.2 Å². The third kappa shape index (κ3) is 5.43. The molecule has 1 fully saturated rings. The number of nitrogens with one attached hydrogen (secondary N) is 1. The number of aryl methyl sites for hydroxylation is 1. The van der Waals surface area contributed by atoms with E-state index in [-0.39, 0.29) is 23.2 Å². The minimum absolute atomic E-state index is 0.00709. The van der Waals surface area contributed by atoms with Crippen LogP contribution in [0.1, 0.15) is 57.5 Å². The van der Waals surface area contributed by atoms with E-state index in [1.165, 1.54) is 24.5 Å². The number of hydrogen-bond acceptors (Lipinski definition) is 6. The molecule has 5 rings (SSSR count). The van der Waals surface area contributed by atoms with Gasteiger partial charge in [-0.05, 0) is 83.0 Å². The number of nitrogens with zero attached hydrogens (tertiary/aromatic N) is 6. The monoisotopic (exact) mass is 517 g/mol. The summed E-state index contributed by atoms with van der Waals surface area (Å²) in [7, 11) is 0. The van der Waals surface area contributed by atoms with Crippen LogP contribution in [0.2, 0.25) is 0 Å². The van der Waals surface area contributed by atoms with Gasteiger partial charge in [-0.3, -0.25) is 4.90 Å². The van der Waals surface area contributed by atoms with Gasteiger partial charge in [0, 0.05) is 24.3 Å². The van der Waals surface area contributed by atoms with Crippen molar-refractivity contribution >= 4 is 28.9 Å². The molecule has 1 aromatic carbocycles. The summed E-state index contributed by atoms with van der Waals surface area (Å²) < 4.78 is 31.7.